The number of morpholine rings is 1. The lowest BCUT2D eigenvalue weighted by Crippen LogP contribution is -2.64. The molecule has 44 heavy (non-hydrogen) atoms. The molecular weight excluding hydrogens is 642 g/mol. The number of halogens is 6. The predicted molar refractivity (Wildman–Crippen MR) is 146 cm³/mol. The number of alkyl halides is 6. The summed E-state index contributed by atoms with van der Waals surface area (Å²) in [6.07, 6.45) is -11.4. The van der Waals surface area contributed by atoms with Gasteiger partial charge in [-0.05, 0) is 31.0 Å². The number of nitrogens with two attached hydrogens (primary N) is 1. The Morgan fingerprint density at radius 1 is 1.02 bits per heavy atom. The molecule has 1 aromatic carbocycles. The van der Waals surface area contributed by atoms with E-state index in [2.05, 4.69) is 27.5 Å². The number of piperazine rings is 1. The largest absolute Gasteiger partial charge is 0.430 e. The smallest absolute Gasteiger partial charge is 0.399 e. The van der Waals surface area contributed by atoms with Crippen molar-refractivity contribution in [3.8, 4) is 0 Å². The van der Waals surface area contributed by atoms with Crippen LogP contribution >= 0.6 is 12.6 Å². The molecule has 0 amide bonds. The summed E-state index contributed by atoms with van der Waals surface area (Å²) in [6, 6.07) is 3.07. The maximum Gasteiger partial charge on any atom is 0.430 e. The van der Waals surface area contributed by atoms with Crippen molar-refractivity contribution in [3.63, 3.8) is 0 Å². The topological polar surface area (TPSA) is 145 Å². The Balaban J connectivity index is 1.48. The van der Waals surface area contributed by atoms with Crippen molar-refractivity contribution >= 4 is 34.3 Å². The summed E-state index contributed by atoms with van der Waals surface area (Å²) in [6.45, 7) is 0.473. The SMILES string of the molecule is Nc1ccc(S)c(S(=O)(=O)N2CCN(c3ncc(C(O)(C(F)(F)F)C(F)(F)F)cn3)[C@@H](CN3C4COCC3CC(O)C4)C2)c1. The van der Waals surface area contributed by atoms with E-state index in [1.807, 2.05) is 0 Å². The van der Waals surface area contributed by atoms with E-state index in [1.54, 1.807) is 0 Å². The molecular formula is C25H30F6N6O5S2. The standard InChI is InChI=1S/C25H30F6N6O5S2/c26-24(27,28)23(39,25(29,30)31)14-8-33-22(34-9-14)36-4-3-35(44(40,41)21-5-15(32)1-2-20(21)43)10-18(36)11-37-16-6-19(38)7-17(37)13-42-12-16/h1-2,5,8-9,16-19,38-39,43H,3-4,6-7,10-13,32H2/t16?,17?,18-,19?/m1/s1. The van der Waals surface area contributed by atoms with Gasteiger partial charge in [-0.2, -0.15) is 30.6 Å². The van der Waals surface area contributed by atoms with Crippen molar-refractivity contribution in [1.29, 1.82) is 0 Å². The normalized spacial score (nSPS) is 26.2. The highest BCUT2D eigenvalue weighted by Crippen LogP contribution is 2.49. The zero-order chi connectivity index (χ0) is 32.2. The molecule has 3 atom stereocenters. The van der Waals surface area contributed by atoms with Crippen molar-refractivity contribution in [1.82, 2.24) is 19.2 Å². The summed E-state index contributed by atoms with van der Waals surface area (Å²) in [5.74, 6) is -0.250. The molecule has 2 unspecified atom stereocenters. The molecule has 1 aromatic heterocycles. The van der Waals surface area contributed by atoms with Crippen LogP contribution in [0.25, 0.3) is 0 Å². The fraction of sp³-hybridized carbons (Fsp3) is 0.600. The van der Waals surface area contributed by atoms with Gasteiger partial charge in [-0.3, -0.25) is 4.90 Å². The van der Waals surface area contributed by atoms with E-state index in [0.717, 1.165) is 0 Å². The quantitative estimate of drug-likeness (QED) is 0.204. The zero-order valence-corrected chi connectivity index (χ0v) is 24.6. The lowest BCUT2D eigenvalue weighted by atomic mass is 9.91. The number of ether oxygens (including phenoxy) is 1. The zero-order valence-electron chi connectivity index (χ0n) is 22.9. The second-order valence-corrected chi connectivity index (χ2v) is 13.5. The summed E-state index contributed by atoms with van der Waals surface area (Å²) in [5.41, 5.74) is -0.788. The van der Waals surface area contributed by atoms with E-state index in [1.165, 1.54) is 27.4 Å². The van der Waals surface area contributed by atoms with Crippen LogP contribution < -0.4 is 10.6 Å². The fourth-order valence-corrected chi connectivity index (χ4v) is 8.06. The number of anilines is 2. The first-order chi connectivity index (χ1) is 20.4. The number of fused-ring (bicyclic) bond motifs is 2. The minimum Gasteiger partial charge on any atom is -0.399 e. The minimum atomic E-state index is -6.11. The Morgan fingerprint density at radius 3 is 2.18 bits per heavy atom. The number of aromatic nitrogens is 2. The summed E-state index contributed by atoms with van der Waals surface area (Å²) in [4.78, 5) is 11.2. The molecule has 4 N–H and O–H groups in total. The number of hydrogen-bond acceptors (Lipinski definition) is 11. The Morgan fingerprint density at radius 2 is 1.61 bits per heavy atom. The number of rotatable bonds is 6. The van der Waals surface area contributed by atoms with E-state index in [0.29, 0.717) is 26.1 Å². The van der Waals surface area contributed by atoms with Crippen molar-refractivity contribution in [2.45, 2.75) is 64.8 Å². The van der Waals surface area contributed by atoms with Gasteiger partial charge in [0.2, 0.25) is 16.0 Å². The highest BCUT2D eigenvalue weighted by atomic mass is 32.2. The Kier molecular flexibility index (Phi) is 8.80. The van der Waals surface area contributed by atoms with E-state index < -0.39 is 45.7 Å². The van der Waals surface area contributed by atoms with Crippen LogP contribution in [-0.4, -0.2) is 114 Å². The van der Waals surface area contributed by atoms with E-state index in [4.69, 9.17) is 10.5 Å². The molecule has 5 rings (SSSR count). The first kappa shape index (κ1) is 33.0. The Bertz CT molecular complexity index is 1440. The van der Waals surface area contributed by atoms with Crippen molar-refractivity contribution < 1.29 is 49.7 Å². The number of hydrogen-bond donors (Lipinski definition) is 4. The number of nitrogen functional groups attached to an aromatic ring is 1. The van der Waals surface area contributed by atoms with Gasteiger partial charge in [0, 0.05) is 66.8 Å². The lowest BCUT2D eigenvalue weighted by molar-refractivity contribution is -0.376. The molecule has 0 saturated carbocycles. The highest BCUT2D eigenvalue weighted by Gasteiger charge is 2.71. The van der Waals surface area contributed by atoms with Crippen LogP contribution in [0.1, 0.15) is 18.4 Å². The molecule has 11 nitrogen and oxygen atoms in total. The lowest BCUT2D eigenvalue weighted by Gasteiger charge is -2.50. The first-order valence-corrected chi connectivity index (χ1v) is 15.4. The second-order valence-electron chi connectivity index (χ2n) is 11.1. The molecule has 0 radical (unpaired) electrons. The van der Waals surface area contributed by atoms with Gasteiger partial charge >= 0.3 is 12.4 Å². The highest BCUT2D eigenvalue weighted by molar-refractivity contribution is 7.90. The van der Waals surface area contributed by atoms with E-state index >= 15 is 0 Å². The van der Waals surface area contributed by atoms with Crippen LogP contribution in [0.4, 0.5) is 38.0 Å². The molecule has 2 aromatic rings. The Labute approximate surface area is 254 Å². The first-order valence-electron chi connectivity index (χ1n) is 13.5. The van der Waals surface area contributed by atoms with Gasteiger partial charge in [0.25, 0.3) is 5.60 Å². The van der Waals surface area contributed by atoms with Gasteiger partial charge < -0.3 is 25.6 Å². The monoisotopic (exact) mass is 672 g/mol. The molecule has 3 aliphatic rings. The summed E-state index contributed by atoms with van der Waals surface area (Å²) < 4.78 is 115. The maximum absolute atomic E-state index is 13.7. The Hall–Kier alpha value is -2.42. The third kappa shape index (κ3) is 5.94. The van der Waals surface area contributed by atoms with E-state index in [-0.39, 0.29) is 72.1 Å². The predicted octanol–water partition coefficient (Wildman–Crippen LogP) is 1.76. The third-order valence-electron chi connectivity index (χ3n) is 8.25. The van der Waals surface area contributed by atoms with Gasteiger partial charge in [-0.15, -0.1) is 12.6 Å². The van der Waals surface area contributed by atoms with E-state index in [9.17, 15) is 45.0 Å². The van der Waals surface area contributed by atoms with Gasteiger partial charge in [0.05, 0.1) is 30.3 Å². The molecule has 0 aliphatic carbocycles. The minimum absolute atomic E-state index is 0.0709. The van der Waals surface area contributed by atoms with Crippen molar-refractivity contribution in [3.05, 3.63) is 36.2 Å². The van der Waals surface area contributed by atoms with Crippen LogP contribution in [0.2, 0.25) is 0 Å². The number of thiol groups is 1. The summed E-state index contributed by atoms with van der Waals surface area (Å²) in [7, 11) is -4.14. The summed E-state index contributed by atoms with van der Waals surface area (Å²) >= 11 is 4.27. The average molecular weight is 673 g/mol. The van der Waals surface area contributed by atoms with Crippen LogP contribution in [0.3, 0.4) is 0 Å². The molecule has 3 fully saturated rings. The second kappa shape index (κ2) is 11.7. The number of piperidine rings is 1. The molecule has 0 spiro atoms. The van der Waals surface area contributed by atoms with Gasteiger partial charge in [0.1, 0.15) is 0 Å². The third-order valence-corrected chi connectivity index (χ3v) is 10.7. The molecule has 19 heteroatoms. The van der Waals surface area contributed by atoms with Crippen LogP contribution in [-0.2, 0) is 20.4 Å². The molecule has 244 valence electrons. The number of nitrogens with zero attached hydrogens (tertiary/aromatic N) is 5. The van der Waals surface area contributed by atoms with Crippen molar-refractivity contribution in [2.75, 3.05) is 50.0 Å². The summed E-state index contributed by atoms with van der Waals surface area (Å²) in [5, 5.41) is 20.0. The number of sulfonamides is 1. The molecule has 3 saturated heterocycles. The number of aliphatic hydroxyl groups excluding tert-OH is 1. The van der Waals surface area contributed by atoms with Gasteiger partial charge in [-0.1, -0.05) is 0 Å². The molecule has 3 aliphatic heterocycles. The van der Waals surface area contributed by atoms with Crippen molar-refractivity contribution in [2.24, 2.45) is 0 Å². The van der Waals surface area contributed by atoms with Crippen LogP contribution in [0, 0.1) is 0 Å². The number of benzene rings is 1. The van der Waals surface area contributed by atoms with Crippen LogP contribution in [0.5, 0.6) is 0 Å². The van der Waals surface area contributed by atoms with Gasteiger partial charge in [-0.25, -0.2) is 18.4 Å². The number of aliphatic hydroxyl groups is 2. The molecule has 2 bridgehead atoms. The van der Waals surface area contributed by atoms with Crippen LogP contribution in [0.15, 0.2) is 40.4 Å². The average Bonchev–Trinajstić information content (AvgIpc) is 2.93. The maximum atomic E-state index is 13.7. The molecule has 4 heterocycles. The fourth-order valence-electron chi connectivity index (χ4n) is 5.99. The van der Waals surface area contributed by atoms with Gasteiger partial charge in [0.15, 0.2) is 0 Å².